The number of carboxylic acids is 1. The van der Waals surface area contributed by atoms with E-state index in [1.165, 1.54) is 10.9 Å². The Kier molecular flexibility index (Phi) is 5.86. The number of aromatic carboxylic acids is 1. The number of aromatic nitrogens is 2. The minimum absolute atomic E-state index is 0.108. The van der Waals surface area contributed by atoms with E-state index in [0.717, 1.165) is 5.56 Å². The number of hydroxylamine groups is 2. The molecule has 0 aliphatic carbocycles. The summed E-state index contributed by atoms with van der Waals surface area (Å²) in [6.45, 7) is 5.02. The molecule has 0 unspecified atom stereocenters. The molecule has 28 heavy (non-hydrogen) atoms. The number of benzene rings is 2. The van der Waals surface area contributed by atoms with Crippen LogP contribution < -0.4 is 0 Å². The van der Waals surface area contributed by atoms with Crippen LogP contribution in [0.15, 0.2) is 60.8 Å². The molecule has 1 heterocycles. The highest BCUT2D eigenvalue weighted by Gasteiger charge is 2.18. The van der Waals surface area contributed by atoms with E-state index in [-0.39, 0.29) is 5.56 Å². The van der Waals surface area contributed by atoms with Crippen LogP contribution in [0.1, 0.15) is 34.6 Å². The second-order valence-corrected chi connectivity index (χ2v) is 6.05. The second kappa shape index (κ2) is 8.49. The van der Waals surface area contributed by atoms with Crippen LogP contribution in [0, 0.1) is 0 Å². The van der Waals surface area contributed by atoms with E-state index in [2.05, 4.69) is 5.10 Å². The number of nitrogens with zero attached hydrogens (tertiary/aromatic N) is 3. The maximum absolute atomic E-state index is 12.2. The first-order valence-corrected chi connectivity index (χ1v) is 8.99. The summed E-state index contributed by atoms with van der Waals surface area (Å²) < 4.78 is 1.49. The molecule has 0 amide bonds. The van der Waals surface area contributed by atoms with Crippen molar-refractivity contribution >= 4 is 11.9 Å². The number of carboxylic acid groups (broad SMARTS) is 1. The second-order valence-electron chi connectivity index (χ2n) is 6.05. The molecule has 0 spiro atoms. The molecular formula is C21H21N3O4. The van der Waals surface area contributed by atoms with Gasteiger partial charge in [0.25, 0.3) is 0 Å². The lowest BCUT2D eigenvalue weighted by molar-refractivity contribution is -0.103. The fourth-order valence-corrected chi connectivity index (χ4v) is 2.74. The van der Waals surface area contributed by atoms with Gasteiger partial charge in [0.05, 0.1) is 11.3 Å². The van der Waals surface area contributed by atoms with Crippen molar-refractivity contribution in [2.24, 2.45) is 0 Å². The molecule has 3 rings (SSSR count). The molecule has 0 radical (unpaired) electrons. The highest BCUT2D eigenvalue weighted by atomic mass is 16.7. The lowest BCUT2D eigenvalue weighted by atomic mass is 10.1. The Morgan fingerprint density at radius 1 is 1.04 bits per heavy atom. The van der Waals surface area contributed by atoms with Crippen molar-refractivity contribution in [2.75, 3.05) is 13.1 Å². The summed E-state index contributed by atoms with van der Waals surface area (Å²) >= 11 is 0. The Labute approximate surface area is 162 Å². The molecule has 7 heteroatoms. The van der Waals surface area contributed by atoms with Crippen LogP contribution in [0.5, 0.6) is 0 Å². The van der Waals surface area contributed by atoms with E-state index in [1.807, 2.05) is 44.2 Å². The number of carbonyl (C=O) groups excluding carboxylic acids is 1. The predicted molar refractivity (Wildman–Crippen MR) is 104 cm³/mol. The third-order valence-electron chi connectivity index (χ3n) is 4.28. The van der Waals surface area contributed by atoms with Gasteiger partial charge in [-0.15, -0.1) is 5.06 Å². The minimum Gasteiger partial charge on any atom is -0.478 e. The highest BCUT2D eigenvalue weighted by molar-refractivity contribution is 5.94. The van der Waals surface area contributed by atoms with Crippen molar-refractivity contribution < 1.29 is 19.5 Å². The van der Waals surface area contributed by atoms with Gasteiger partial charge in [-0.1, -0.05) is 30.3 Å². The summed E-state index contributed by atoms with van der Waals surface area (Å²) in [4.78, 5) is 29.1. The van der Waals surface area contributed by atoms with Crippen molar-refractivity contribution in [2.45, 2.75) is 13.8 Å². The fourth-order valence-electron chi connectivity index (χ4n) is 2.74. The number of carbonyl (C=O) groups is 2. The van der Waals surface area contributed by atoms with E-state index in [0.29, 0.717) is 30.0 Å². The van der Waals surface area contributed by atoms with Gasteiger partial charge in [0.2, 0.25) is 0 Å². The zero-order valence-electron chi connectivity index (χ0n) is 15.7. The molecular weight excluding hydrogens is 358 g/mol. The van der Waals surface area contributed by atoms with Gasteiger partial charge in [0.15, 0.2) is 0 Å². The standard InChI is InChI=1S/C21H21N3O4/c1-3-23(4-2)28-21(27)16-10-12-17(13-11-16)24-14-18(20(25)26)19(22-24)15-8-6-5-7-9-15/h5-14H,3-4H2,1-2H3,(H,25,26). The zero-order chi connectivity index (χ0) is 20.1. The molecule has 0 aliphatic heterocycles. The van der Waals surface area contributed by atoms with E-state index >= 15 is 0 Å². The number of hydrogen-bond donors (Lipinski definition) is 1. The summed E-state index contributed by atoms with van der Waals surface area (Å²) in [7, 11) is 0. The Hall–Kier alpha value is -3.45. The molecule has 2 aromatic carbocycles. The molecule has 0 bridgehead atoms. The Morgan fingerprint density at radius 3 is 2.25 bits per heavy atom. The summed E-state index contributed by atoms with van der Waals surface area (Å²) in [6, 6.07) is 15.8. The van der Waals surface area contributed by atoms with Crippen LogP contribution in [-0.2, 0) is 4.84 Å². The molecule has 1 aromatic heterocycles. The average Bonchev–Trinajstić information content (AvgIpc) is 3.18. The van der Waals surface area contributed by atoms with Gasteiger partial charge in [-0.3, -0.25) is 0 Å². The molecule has 0 atom stereocenters. The predicted octanol–water partition coefficient (Wildman–Crippen LogP) is 3.65. The van der Waals surface area contributed by atoms with Gasteiger partial charge in [-0.05, 0) is 38.1 Å². The van der Waals surface area contributed by atoms with Crippen molar-refractivity contribution in [3.8, 4) is 16.9 Å². The first-order valence-electron chi connectivity index (χ1n) is 8.99. The van der Waals surface area contributed by atoms with Gasteiger partial charge >= 0.3 is 11.9 Å². The molecule has 1 N–H and O–H groups in total. The van der Waals surface area contributed by atoms with Gasteiger partial charge in [-0.25, -0.2) is 14.3 Å². The van der Waals surface area contributed by atoms with Crippen LogP contribution in [0.4, 0.5) is 0 Å². The average molecular weight is 379 g/mol. The summed E-state index contributed by atoms with van der Waals surface area (Å²) in [5.41, 5.74) is 2.26. The van der Waals surface area contributed by atoms with Crippen LogP contribution in [-0.4, -0.2) is 45.0 Å². The molecule has 7 nitrogen and oxygen atoms in total. The maximum Gasteiger partial charge on any atom is 0.357 e. The third kappa shape index (κ3) is 4.10. The van der Waals surface area contributed by atoms with Crippen LogP contribution in [0.3, 0.4) is 0 Å². The molecule has 0 saturated carbocycles. The lowest BCUT2D eigenvalue weighted by Gasteiger charge is -2.17. The SMILES string of the molecule is CCN(CC)OC(=O)c1ccc(-n2cc(C(=O)O)c(-c3ccccc3)n2)cc1. The fraction of sp³-hybridized carbons (Fsp3) is 0.190. The molecule has 0 saturated heterocycles. The van der Waals surface area contributed by atoms with Crippen molar-refractivity contribution in [3.05, 3.63) is 71.9 Å². The van der Waals surface area contributed by atoms with E-state index in [9.17, 15) is 14.7 Å². The topological polar surface area (TPSA) is 84.7 Å². The monoisotopic (exact) mass is 379 g/mol. The van der Waals surface area contributed by atoms with Gasteiger partial charge < -0.3 is 9.94 Å². The van der Waals surface area contributed by atoms with Gasteiger partial charge in [0.1, 0.15) is 11.3 Å². The first kappa shape index (κ1) is 19.3. The number of rotatable bonds is 7. The largest absolute Gasteiger partial charge is 0.478 e. The summed E-state index contributed by atoms with van der Waals surface area (Å²) in [5.74, 6) is -1.49. The zero-order valence-corrected chi connectivity index (χ0v) is 15.7. The number of hydrogen-bond acceptors (Lipinski definition) is 5. The Balaban J connectivity index is 1.88. The third-order valence-corrected chi connectivity index (χ3v) is 4.28. The van der Waals surface area contributed by atoms with Crippen LogP contribution >= 0.6 is 0 Å². The minimum atomic E-state index is -1.05. The van der Waals surface area contributed by atoms with Crippen molar-refractivity contribution in [1.82, 2.24) is 14.8 Å². The van der Waals surface area contributed by atoms with E-state index in [1.54, 1.807) is 29.3 Å². The summed E-state index contributed by atoms with van der Waals surface area (Å²) in [6.07, 6.45) is 1.47. The van der Waals surface area contributed by atoms with Gasteiger partial charge in [-0.2, -0.15) is 5.10 Å². The van der Waals surface area contributed by atoms with Crippen LogP contribution in [0.2, 0.25) is 0 Å². The maximum atomic E-state index is 12.2. The Morgan fingerprint density at radius 2 is 1.68 bits per heavy atom. The first-order chi connectivity index (χ1) is 13.5. The quantitative estimate of drug-likeness (QED) is 0.631. The van der Waals surface area contributed by atoms with Crippen LogP contribution in [0.25, 0.3) is 16.9 Å². The normalized spacial score (nSPS) is 10.8. The summed E-state index contributed by atoms with van der Waals surface area (Å²) in [5, 5.41) is 15.5. The molecule has 144 valence electrons. The molecule has 0 fully saturated rings. The van der Waals surface area contributed by atoms with Crippen molar-refractivity contribution in [3.63, 3.8) is 0 Å². The smallest absolute Gasteiger partial charge is 0.357 e. The lowest BCUT2D eigenvalue weighted by Crippen LogP contribution is -2.26. The van der Waals surface area contributed by atoms with Crippen molar-refractivity contribution in [1.29, 1.82) is 0 Å². The molecule has 0 aliphatic rings. The van der Waals surface area contributed by atoms with E-state index in [4.69, 9.17) is 4.84 Å². The highest BCUT2D eigenvalue weighted by Crippen LogP contribution is 2.23. The molecule has 3 aromatic rings. The Bertz CT molecular complexity index is 961. The van der Waals surface area contributed by atoms with E-state index < -0.39 is 11.9 Å². The van der Waals surface area contributed by atoms with Gasteiger partial charge in [0, 0.05) is 24.8 Å².